The van der Waals surface area contributed by atoms with Crippen LogP contribution in [0.25, 0.3) is 0 Å². The molecule has 2 aromatic carbocycles. The molecule has 2 aromatic rings. The number of carbonyl (C=O) groups excluding carboxylic acids is 2. The van der Waals surface area contributed by atoms with Crippen LogP contribution in [-0.4, -0.2) is 29.9 Å². The second-order valence-corrected chi connectivity index (χ2v) is 7.72. The van der Waals surface area contributed by atoms with Gasteiger partial charge in [0, 0.05) is 30.4 Å². The van der Waals surface area contributed by atoms with E-state index in [4.69, 9.17) is 0 Å². The fraction of sp³-hybridized carbons (Fsp3) is 0.391. The van der Waals surface area contributed by atoms with E-state index in [1.807, 2.05) is 68.1 Å². The predicted molar refractivity (Wildman–Crippen MR) is 113 cm³/mol. The maximum atomic E-state index is 12.7. The summed E-state index contributed by atoms with van der Waals surface area (Å²) in [5, 5.41) is 6.00. The molecule has 1 unspecified atom stereocenters. The average molecular weight is 380 g/mol. The minimum Gasteiger partial charge on any atom is -0.326 e. The number of aryl methyl sites for hydroxylation is 2. The first-order valence-electron chi connectivity index (χ1n) is 9.93. The molecule has 0 spiro atoms. The van der Waals surface area contributed by atoms with Crippen LogP contribution in [0.15, 0.2) is 48.5 Å². The van der Waals surface area contributed by atoms with E-state index in [0.717, 1.165) is 29.8 Å². The molecule has 1 heterocycles. The Morgan fingerprint density at radius 1 is 1.00 bits per heavy atom. The highest BCUT2D eigenvalue weighted by Gasteiger charge is 2.30. The Morgan fingerprint density at radius 2 is 1.68 bits per heavy atom. The summed E-state index contributed by atoms with van der Waals surface area (Å²) in [4.78, 5) is 27.0. The Bertz CT molecular complexity index is 827. The first kappa shape index (κ1) is 19.9. The van der Waals surface area contributed by atoms with Crippen LogP contribution >= 0.6 is 0 Å². The van der Waals surface area contributed by atoms with Gasteiger partial charge < -0.3 is 15.5 Å². The van der Waals surface area contributed by atoms with Crippen molar-refractivity contribution in [1.29, 1.82) is 0 Å². The topological polar surface area (TPSA) is 61.4 Å². The maximum Gasteiger partial charge on any atom is 0.321 e. The SMILES string of the molecule is Cc1ccc(NC(=O)C(C)C2CCN(C(=O)Nc3ccccc3)CC2)c(C)c1. The maximum absolute atomic E-state index is 12.7. The number of rotatable bonds is 4. The lowest BCUT2D eigenvalue weighted by atomic mass is 9.85. The highest BCUT2D eigenvalue weighted by Crippen LogP contribution is 2.27. The molecular weight excluding hydrogens is 350 g/mol. The van der Waals surface area contributed by atoms with Crippen molar-refractivity contribution in [3.63, 3.8) is 0 Å². The normalized spacial score (nSPS) is 15.8. The summed E-state index contributed by atoms with van der Waals surface area (Å²) in [6, 6.07) is 15.5. The second-order valence-electron chi connectivity index (χ2n) is 7.72. The zero-order valence-corrected chi connectivity index (χ0v) is 16.9. The molecular formula is C23H29N3O2. The van der Waals surface area contributed by atoms with Gasteiger partial charge in [0.25, 0.3) is 0 Å². The van der Waals surface area contributed by atoms with Crippen LogP contribution in [0.4, 0.5) is 16.2 Å². The van der Waals surface area contributed by atoms with Crippen LogP contribution in [0.3, 0.4) is 0 Å². The van der Waals surface area contributed by atoms with Crippen LogP contribution in [0.2, 0.25) is 0 Å². The molecule has 2 N–H and O–H groups in total. The van der Waals surface area contributed by atoms with Crippen LogP contribution < -0.4 is 10.6 Å². The fourth-order valence-electron chi connectivity index (χ4n) is 3.74. The van der Waals surface area contributed by atoms with E-state index in [9.17, 15) is 9.59 Å². The van der Waals surface area contributed by atoms with Gasteiger partial charge in [-0.25, -0.2) is 4.79 Å². The highest BCUT2D eigenvalue weighted by molar-refractivity contribution is 5.93. The van der Waals surface area contributed by atoms with Gasteiger partial charge in [-0.15, -0.1) is 0 Å². The van der Waals surface area contributed by atoms with E-state index in [-0.39, 0.29) is 23.8 Å². The van der Waals surface area contributed by atoms with E-state index in [2.05, 4.69) is 16.7 Å². The zero-order valence-electron chi connectivity index (χ0n) is 16.9. The fourth-order valence-corrected chi connectivity index (χ4v) is 3.74. The van der Waals surface area contributed by atoms with Crippen LogP contribution in [0.5, 0.6) is 0 Å². The number of urea groups is 1. The number of hydrogen-bond donors (Lipinski definition) is 2. The van der Waals surface area contributed by atoms with Gasteiger partial charge in [0.15, 0.2) is 0 Å². The molecule has 5 heteroatoms. The highest BCUT2D eigenvalue weighted by atomic mass is 16.2. The van der Waals surface area contributed by atoms with Crippen LogP contribution in [0, 0.1) is 25.7 Å². The number of para-hydroxylation sites is 1. The van der Waals surface area contributed by atoms with Crippen molar-refractivity contribution in [2.45, 2.75) is 33.6 Å². The monoisotopic (exact) mass is 379 g/mol. The van der Waals surface area contributed by atoms with Gasteiger partial charge in [0.2, 0.25) is 5.91 Å². The van der Waals surface area contributed by atoms with Gasteiger partial charge in [0.05, 0.1) is 0 Å². The zero-order chi connectivity index (χ0) is 20.1. The Kier molecular flexibility index (Phi) is 6.34. The Hall–Kier alpha value is -2.82. The third kappa shape index (κ3) is 4.91. The minimum atomic E-state index is -0.0833. The van der Waals surface area contributed by atoms with Gasteiger partial charge in [-0.05, 0) is 56.4 Å². The smallest absolute Gasteiger partial charge is 0.321 e. The lowest BCUT2D eigenvalue weighted by Gasteiger charge is -2.34. The molecule has 1 saturated heterocycles. The van der Waals surface area contributed by atoms with Crippen molar-refractivity contribution < 1.29 is 9.59 Å². The molecule has 1 aliphatic heterocycles. The molecule has 3 amide bonds. The standard InChI is InChI=1S/C23H29N3O2/c1-16-9-10-21(17(2)15-16)25-22(27)18(3)19-11-13-26(14-12-19)23(28)24-20-7-5-4-6-8-20/h4-10,15,18-19H,11-14H2,1-3H3,(H,24,28)(H,25,27). The van der Waals surface area contributed by atoms with Crippen molar-refractivity contribution in [3.8, 4) is 0 Å². The molecule has 0 aromatic heterocycles. The van der Waals surface area contributed by atoms with E-state index >= 15 is 0 Å². The molecule has 0 saturated carbocycles. The van der Waals surface area contributed by atoms with Gasteiger partial charge in [-0.3, -0.25) is 4.79 Å². The number of piperidine rings is 1. The third-order valence-electron chi connectivity index (χ3n) is 5.61. The minimum absolute atomic E-state index is 0.0548. The number of benzene rings is 2. The summed E-state index contributed by atoms with van der Waals surface area (Å²) in [5.41, 5.74) is 3.94. The van der Waals surface area contributed by atoms with Gasteiger partial charge in [0.1, 0.15) is 0 Å². The van der Waals surface area contributed by atoms with E-state index in [1.54, 1.807) is 0 Å². The third-order valence-corrected chi connectivity index (χ3v) is 5.61. The summed E-state index contributed by atoms with van der Waals surface area (Å²) < 4.78 is 0. The largest absolute Gasteiger partial charge is 0.326 e. The number of amides is 3. The second kappa shape index (κ2) is 8.91. The predicted octanol–water partition coefficient (Wildman–Crippen LogP) is 4.82. The number of carbonyl (C=O) groups is 2. The lowest BCUT2D eigenvalue weighted by Crippen LogP contribution is -2.43. The molecule has 28 heavy (non-hydrogen) atoms. The number of anilines is 2. The van der Waals surface area contributed by atoms with Gasteiger partial charge in [-0.2, -0.15) is 0 Å². The van der Waals surface area contributed by atoms with E-state index in [1.165, 1.54) is 5.56 Å². The van der Waals surface area contributed by atoms with Crippen LogP contribution in [0.1, 0.15) is 30.9 Å². The Morgan fingerprint density at radius 3 is 2.32 bits per heavy atom. The molecule has 5 nitrogen and oxygen atoms in total. The molecule has 148 valence electrons. The average Bonchev–Trinajstić information content (AvgIpc) is 2.70. The molecule has 1 fully saturated rings. The Balaban J connectivity index is 1.51. The summed E-state index contributed by atoms with van der Waals surface area (Å²) in [5.74, 6) is 0.255. The van der Waals surface area contributed by atoms with Crippen molar-refractivity contribution >= 4 is 23.3 Å². The van der Waals surface area contributed by atoms with Crippen molar-refractivity contribution in [1.82, 2.24) is 4.90 Å². The first-order chi connectivity index (χ1) is 13.4. The summed E-state index contributed by atoms with van der Waals surface area (Å²) in [6.45, 7) is 7.39. The van der Waals surface area contributed by atoms with Crippen molar-refractivity contribution in [3.05, 3.63) is 59.7 Å². The molecule has 1 atom stereocenters. The molecule has 3 rings (SSSR count). The van der Waals surface area contributed by atoms with E-state index < -0.39 is 0 Å². The first-order valence-corrected chi connectivity index (χ1v) is 9.93. The quantitative estimate of drug-likeness (QED) is 0.800. The summed E-state index contributed by atoms with van der Waals surface area (Å²) >= 11 is 0. The number of hydrogen-bond acceptors (Lipinski definition) is 2. The molecule has 0 aliphatic carbocycles. The van der Waals surface area contributed by atoms with E-state index in [0.29, 0.717) is 13.1 Å². The lowest BCUT2D eigenvalue weighted by molar-refractivity contribution is -0.121. The van der Waals surface area contributed by atoms with Crippen molar-refractivity contribution in [2.75, 3.05) is 23.7 Å². The van der Waals surface area contributed by atoms with Crippen molar-refractivity contribution in [2.24, 2.45) is 11.8 Å². The molecule has 1 aliphatic rings. The molecule has 0 bridgehead atoms. The molecule has 0 radical (unpaired) electrons. The number of nitrogens with zero attached hydrogens (tertiary/aromatic N) is 1. The van der Waals surface area contributed by atoms with Gasteiger partial charge in [-0.1, -0.05) is 42.8 Å². The van der Waals surface area contributed by atoms with Gasteiger partial charge >= 0.3 is 6.03 Å². The summed E-state index contributed by atoms with van der Waals surface area (Å²) in [6.07, 6.45) is 1.67. The summed E-state index contributed by atoms with van der Waals surface area (Å²) in [7, 11) is 0. The Labute approximate surface area is 167 Å². The van der Waals surface area contributed by atoms with Crippen LogP contribution in [-0.2, 0) is 4.79 Å². The number of likely N-dealkylation sites (tertiary alicyclic amines) is 1. The number of nitrogens with one attached hydrogen (secondary N) is 2.